The van der Waals surface area contributed by atoms with E-state index in [-0.39, 0.29) is 0 Å². The highest BCUT2D eigenvalue weighted by Crippen LogP contribution is 2.35. The average molecular weight is 383 g/mol. The van der Waals surface area contributed by atoms with Crippen molar-refractivity contribution < 1.29 is 9.47 Å². The molecule has 0 bridgehead atoms. The predicted octanol–water partition coefficient (Wildman–Crippen LogP) is 2.95. The lowest BCUT2D eigenvalue weighted by Gasteiger charge is -2.34. The fourth-order valence-electron chi connectivity index (χ4n) is 2.12. The molecule has 0 amide bonds. The fraction of sp³-hybridized carbons (Fsp3) is 0.667. The minimum absolute atomic E-state index is 0.448. The molecule has 2 rings (SSSR count). The summed E-state index contributed by atoms with van der Waals surface area (Å²) in [7, 11) is 1.70. The summed E-state index contributed by atoms with van der Waals surface area (Å²) in [5.74, 6) is 0.690. The summed E-state index contributed by atoms with van der Waals surface area (Å²) in [5, 5.41) is 0.514. The summed E-state index contributed by atoms with van der Waals surface area (Å²) in [4.78, 5) is 9.05. The Balaban J connectivity index is 2.45. The molecule has 2 heterocycles. The number of aromatic nitrogens is 2. The van der Waals surface area contributed by atoms with Crippen LogP contribution in [0.3, 0.4) is 0 Å². The maximum atomic E-state index is 6.19. The van der Waals surface area contributed by atoms with Gasteiger partial charge in [0.15, 0.2) is 5.82 Å². The van der Waals surface area contributed by atoms with Crippen LogP contribution in [0.1, 0.15) is 31.3 Å². The molecule has 0 aliphatic carbocycles. The van der Waals surface area contributed by atoms with Gasteiger partial charge in [-0.1, -0.05) is 18.5 Å². The van der Waals surface area contributed by atoms with Gasteiger partial charge in [-0.25, -0.2) is 9.97 Å². The minimum atomic E-state index is -0.448. The Bertz CT molecular complexity index is 436. The van der Waals surface area contributed by atoms with Crippen molar-refractivity contribution in [3.05, 3.63) is 20.2 Å². The Hall–Kier alpha value is 0.0200. The normalized spacial score (nSPS) is 18.9. The van der Waals surface area contributed by atoms with E-state index in [2.05, 4.69) is 39.5 Å². The van der Waals surface area contributed by atoms with Crippen LogP contribution in [0, 0.1) is 3.57 Å². The van der Waals surface area contributed by atoms with Crippen LogP contribution in [-0.4, -0.2) is 30.3 Å². The van der Waals surface area contributed by atoms with Gasteiger partial charge in [-0.2, -0.15) is 0 Å². The van der Waals surface area contributed by atoms with Crippen LogP contribution in [0.15, 0.2) is 0 Å². The van der Waals surface area contributed by atoms with Crippen LogP contribution in [-0.2, 0) is 21.5 Å². The number of rotatable bonds is 3. The lowest BCUT2D eigenvalue weighted by molar-refractivity contribution is -0.100. The first-order valence-electron chi connectivity index (χ1n) is 5.98. The first kappa shape index (κ1) is 14.4. The molecule has 1 aliphatic rings. The average Bonchev–Trinajstić information content (AvgIpc) is 2.42. The lowest BCUT2D eigenvalue weighted by atomic mass is 9.93. The molecule has 0 radical (unpaired) electrons. The minimum Gasteiger partial charge on any atom is -0.381 e. The molecule has 1 fully saturated rings. The molecule has 0 aromatic carbocycles. The topological polar surface area (TPSA) is 44.2 Å². The molecule has 18 heavy (non-hydrogen) atoms. The zero-order valence-electron chi connectivity index (χ0n) is 10.5. The summed E-state index contributed by atoms with van der Waals surface area (Å²) < 4.78 is 12.0. The van der Waals surface area contributed by atoms with Gasteiger partial charge in [-0.15, -0.1) is 0 Å². The van der Waals surface area contributed by atoms with Gasteiger partial charge in [0.1, 0.15) is 10.8 Å². The third kappa shape index (κ3) is 2.64. The molecule has 0 saturated carbocycles. The molecule has 6 heteroatoms. The zero-order chi connectivity index (χ0) is 13.2. The Labute approximate surface area is 126 Å². The number of halogens is 2. The second-order valence-corrected chi connectivity index (χ2v) is 5.70. The smallest absolute Gasteiger partial charge is 0.162 e. The van der Waals surface area contributed by atoms with E-state index < -0.39 is 5.60 Å². The number of hydrogen-bond donors (Lipinski definition) is 0. The molecule has 0 N–H and O–H groups in total. The van der Waals surface area contributed by atoms with Gasteiger partial charge < -0.3 is 9.47 Å². The number of methoxy groups -OCH3 is 1. The van der Waals surface area contributed by atoms with Crippen LogP contribution >= 0.6 is 34.2 Å². The molecule has 0 spiro atoms. The second-order valence-electron chi connectivity index (χ2n) is 4.26. The Kier molecular flexibility index (Phi) is 4.80. The molecule has 0 atom stereocenters. The molecular weight excluding hydrogens is 367 g/mol. The number of nitrogens with zero attached hydrogens (tertiary/aromatic N) is 2. The van der Waals surface area contributed by atoms with Gasteiger partial charge in [-0.05, 0) is 29.0 Å². The summed E-state index contributed by atoms with van der Waals surface area (Å²) in [6, 6.07) is 0. The van der Waals surface area contributed by atoms with Crippen LogP contribution in [0.25, 0.3) is 0 Å². The van der Waals surface area contributed by atoms with Crippen molar-refractivity contribution in [2.24, 2.45) is 0 Å². The highest BCUT2D eigenvalue weighted by Gasteiger charge is 2.38. The standard InChI is InChI=1S/C12H16ClIN2O2/c1-3-8-9(14)10(13)16-11(15-8)12(17-2)4-6-18-7-5-12/h3-7H2,1-2H3. The maximum absolute atomic E-state index is 6.19. The van der Waals surface area contributed by atoms with E-state index in [0.29, 0.717) is 24.2 Å². The summed E-state index contributed by atoms with van der Waals surface area (Å²) in [6.45, 7) is 3.40. The molecule has 1 aliphatic heterocycles. The molecule has 0 unspecified atom stereocenters. The number of aryl methyl sites for hydroxylation is 1. The largest absolute Gasteiger partial charge is 0.381 e. The molecule has 1 aromatic rings. The second kappa shape index (κ2) is 5.98. The molecule has 100 valence electrons. The van der Waals surface area contributed by atoms with Crippen molar-refractivity contribution in [1.82, 2.24) is 9.97 Å². The monoisotopic (exact) mass is 382 g/mol. The van der Waals surface area contributed by atoms with Crippen LogP contribution in [0.5, 0.6) is 0 Å². The quantitative estimate of drug-likeness (QED) is 0.595. The van der Waals surface area contributed by atoms with E-state index in [9.17, 15) is 0 Å². The highest BCUT2D eigenvalue weighted by molar-refractivity contribution is 14.1. The van der Waals surface area contributed by atoms with E-state index >= 15 is 0 Å². The van der Waals surface area contributed by atoms with Gasteiger partial charge in [0.05, 0.1) is 9.26 Å². The SMILES string of the molecule is CCc1nc(C2(OC)CCOCC2)nc(Cl)c1I. The fourth-order valence-corrected chi connectivity index (χ4v) is 2.93. The van der Waals surface area contributed by atoms with Crippen LogP contribution in [0.4, 0.5) is 0 Å². The molecule has 1 saturated heterocycles. The van der Waals surface area contributed by atoms with Crippen molar-refractivity contribution in [2.45, 2.75) is 31.8 Å². The number of hydrogen-bond acceptors (Lipinski definition) is 4. The zero-order valence-corrected chi connectivity index (χ0v) is 13.4. The van der Waals surface area contributed by atoms with Gasteiger partial charge in [0, 0.05) is 33.2 Å². The summed E-state index contributed by atoms with van der Waals surface area (Å²) >= 11 is 8.38. The first-order valence-corrected chi connectivity index (χ1v) is 7.44. The molecular formula is C12H16ClIN2O2. The van der Waals surface area contributed by atoms with Gasteiger partial charge in [-0.3, -0.25) is 0 Å². The van der Waals surface area contributed by atoms with E-state index in [1.54, 1.807) is 7.11 Å². The van der Waals surface area contributed by atoms with Crippen molar-refractivity contribution in [2.75, 3.05) is 20.3 Å². The first-order chi connectivity index (χ1) is 8.63. The van der Waals surface area contributed by atoms with E-state index in [1.165, 1.54) is 0 Å². The lowest BCUT2D eigenvalue weighted by Crippen LogP contribution is -2.37. The predicted molar refractivity (Wildman–Crippen MR) is 77.9 cm³/mol. The van der Waals surface area contributed by atoms with E-state index in [4.69, 9.17) is 21.1 Å². The van der Waals surface area contributed by atoms with E-state index in [0.717, 1.165) is 28.5 Å². The molecule has 4 nitrogen and oxygen atoms in total. The van der Waals surface area contributed by atoms with Crippen LogP contribution < -0.4 is 0 Å². The number of ether oxygens (including phenoxy) is 2. The van der Waals surface area contributed by atoms with Crippen LogP contribution in [0.2, 0.25) is 5.15 Å². The summed E-state index contributed by atoms with van der Waals surface area (Å²) in [5.41, 5.74) is 0.532. The van der Waals surface area contributed by atoms with Gasteiger partial charge >= 0.3 is 0 Å². The molecule has 1 aromatic heterocycles. The summed E-state index contributed by atoms with van der Waals surface area (Å²) in [6.07, 6.45) is 2.37. The third-order valence-corrected chi connectivity index (χ3v) is 5.04. The Morgan fingerprint density at radius 1 is 1.39 bits per heavy atom. The van der Waals surface area contributed by atoms with Crippen molar-refractivity contribution in [3.8, 4) is 0 Å². The van der Waals surface area contributed by atoms with Crippen molar-refractivity contribution in [3.63, 3.8) is 0 Å². The maximum Gasteiger partial charge on any atom is 0.162 e. The van der Waals surface area contributed by atoms with E-state index in [1.807, 2.05) is 0 Å². The van der Waals surface area contributed by atoms with Gasteiger partial charge in [0.2, 0.25) is 0 Å². The van der Waals surface area contributed by atoms with Crippen molar-refractivity contribution >= 4 is 34.2 Å². The highest BCUT2D eigenvalue weighted by atomic mass is 127. The van der Waals surface area contributed by atoms with Crippen molar-refractivity contribution in [1.29, 1.82) is 0 Å². The van der Waals surface area contributed by atoms with Gasteiger partial charge in [0.25, 0.3) is 0 Å². The Morgan fingerprint density at radius 3 is 2.61 bits per heavy atom. The Morgan fingerprint density at radius 2 is 2.06 bits per heavy atom. The third-order valence-electron chi connectivity index (χ3n) is 3.31.